The molecule has 1 unspecified atom stereocenters. The Morgan fingerprint density at radius 2 is 2.19 bits per heavy atom. The molecule has 2 N–H and O–H groups in total. The normalized spacial score (nSPS) is 14.1. The highest BCUT2D eigenvalue weighted by molar-refractivity contribution is 6.00. The van der Waals surface area contributed by atoms with Crippen molar-refractivity contribution < 1.29 is 14.7 Å². The molecule has 0 bridgehead atoms. The number of amides is 1. The van der Waals surface area contributed by atoms with Crippen LogP contribution in [0.15, 0.2) is 24.7 Å². The largest absolute Gasteiger partial charge is 0.481 e. The molecule has 0 aliphatic rings. The fourth-order valence-corrected chi connectivity index (χ4v) is 2.02. The molecule has 21 heavy (non-hydrogen) atoms. The predicted molar refractivity (Wildman–Crippen MR) is 75.9 cm³/mol. The second-order valence-electron chi connectivity index (χ2n) is 5.54. The van der Waals surface area contributed by atoms with Crippen LogP contribution in [0.1, 0.15) is 37.6 Å². The Balaban J connectivity index is 2.29. The highest BCUT2D eigenvalue weighted by Crippen LogP contribution is 2.22. The summed E-state index contributed by atoms with van der Waals surface area (Å²) >= 11 is 0. The van der Waals surface area contributed by atoms with Gasteiger partial charge in [-0.05, 0) is 18.9 Å². The van der Waals surface area contributed by atoms with Gasteiger partial charge in [-0.15, -0.1) is 0 Å². The molecule has 112 valence electrons. The smallest absolute Gasteiger partial charge is 0.305 e. The summed E-state index contributed by atoms with van der Waals surface area (Å²) in [6, 6.07) is 1.71. The molecular formula is C14H18N4O3. The molecule has 0 aliphatic heterocycles. The number of aromatic nitrogens is 3. The minimum atomic E-state index is -0.954. The molecule has 0 aromatic carbocycles. The van der Waals surface area contributed by atoms with Crippen LogP contribution in [0.3, 0.4) is 0 Å². The van der Waals surface area contributed by atoms with Gasteiger partial charge in [-0.3, -0.25) is 9.59 Å². The number of carboxylic acid groups (broad SMARTS) is 1. The van der Waals surface area contributed by atoms with Gasteiger partial charge in [0.2, 0.25) is 0 Å². The van der Waals surface area contributed by atoms with Crippen molar-refractivity contribution in [2.75, 3.05) is 0 Å². The van der Waals surface area contributed by atoms with E-state index in [1.54, 1.807) is 25.4 Å². The van der Waals surface area contributed by atoms with Crippen LogP contribution in [0, 0.1) is 5.92 Å². The predicted octanol–water partition coefficient (Wildman–Crippen LogP) is 1.35. The lowest BCUT2D eigenvalue weighted by Gasteiger charge is -2.33. The summed E-state index contributed by atoms with van der Waals surface area (Å²) in [6.45, 7) is 5.47. The molecule has 2 aromatic rings. The SMILES string of the molecule is CC(C)C(C)(CC(=O)O)NC(=O)c1cnn2cccnc12. The second-order valence-corrected chi connectivity index (χ2v) is 5.54. The van der Waals surface area contributed by atoms with Gasteiger partial charge in [0.25, 0.3) is 5.91 Å². The highest BCUT2D eigenvalue weighted by atomic mass is 16.4. The number of hydrogen-bond acceptors (Lipinski definition) is 4. The van der Waals surface area contributed by atoms with Gasteiger partial charge in [-0.2, -0.15) is 5.10 Å². The third-order valence-corrected chi connectivity index (χ3v) is 3.72. The van der Waals surface area contributed by atoms with Gasteiger partial charge in [0.15, 0.2) is 5.65 Å². The van der Waals surface area contributed by atoms with Crippen LogP contribution in [0.5, 0.6) is 0 Å². The summed E-state index contributed by atoms with van der Waals surface area (Å²) in [7, 11) is 0. The number of carboxylic acids is 1. The zero-order chi connectivity index (χ0) is 15.6. The van der Waals surface area contributed by atoms with Crippen molar-refractivity contribution in [2.24, 2.45) is 5.92 Å². The van der Waals surface area contributed by atoms with E-state index in [1.807, 2.05) is 13.8 Å². The zero-order valence-corrected chi connectivity index (χ0v) is 12.2. The molecule has 0 saturated heterocycles. The maximum atomic E-state index is 12.4. The lowest BCUT2D eigenvalue weighted by atomic mass is 9.85. The third-order valence-electron chi connectivity index (χ3n) is 3.72. The van der Waals surface area contributed by atoms with Crippen LogP contribution < -0.4 is 5.32 Å². The third kappa shape index (κ3) is 3.01. The first-order valence-corrected chi connectivity index (χ1v) is 6.66. The first-order chi connectivity index (χ1) is 9.83. The van der Waals surface area contributed by atoms with E-state index in [0.29, 0.717) is 11.2 Å². The highest BCUT2D eigenvalue weighted by Gasteiger charge is 2.33. The summed E-state index contributed by atoms with van der Waals surface area (Å²) < 4.78 is 1.50. The molecule has 0 spiro atoms. The van der Waals surface area contributed by atoms with Crippen molar-refractivity contribution in [1.29, 1.82) is 0 Å². The number of nitrogens with one attached hydrogen (secondary N) is 1. The maximum absolute atomic E-state index is 12.4. The Morgan fingerprint density at radius 3 is 2.81 bits per heavy atom. The summed E-state index contributed by atoms with van der Waals surface area (Å²) in [5, 5.41) is 15.9. The standard InChI is InChI=1S/C14H18N4O3/c1-9(2)14(3,7-11(19)20)17-13(21)10-8-16-18-6-4-5-15-12(10)18/h4-6,8-9H,7H2,1-3H3,(H,17,21)(H,19,20). The lowest BCUT2D eigenvalue weighted by molar-refractivity contribution is -0.138. The van der Waals surface area contributed by atoms with E-state index < -0.39 is 11.5 Å². The summed E-state index contributed by atoms with van der Waals surface area (Å²) in [5.74, 6) is -1.36. The number of fused-ring (bicyclic) bond motifs is 1. The van der Waals surface area contributed by atoms with Gasteiger partial charge in [-0.1, -0.05) is 13.8 Å². The maximum Gasteiger partial charge on any atom is 0.305 e. The van der Waals surface area contributed by atoms with E-state index in [-0.39, 0.29) is 18.2 Å². The Kier molecular flexibility index (Phi) is 3.93. The van der Waals surface area contributed by atoms with Crippen LogP contribution in [-0.4, -0.2) is 37.1 Å². The van der Waals surface area contributed by atoms with Gasteiger partial charge >= 0.3 is 5.97 Å². The van der Waals surface area contributed by atoms with Crippen LogP contribution >= 0.6 is 0 Å². The average Bonchev–Trinajstić information content (AvgIpc) is 2.81. The molecule has 7 heteroatoms. The van der Waals surface area contributed by atoms with E-state index in [4.69, 9.17) is 5.11 Å². The topological polar surface area (TPSA) is 96.6 Å². The number of carbonyl (C=O) groups is 2. The molecule has 0 fully saturated rings. The first kappa shape index (κ1) is 15.0. The molecule has 7 nitrogen and oxygen atoms in total. The Bertz CT molecular complexity index is 680. The molecule has 0 radical (unpaired) electrons. The number of rotatable bonds is 5. The molecule has 0 aliphatic carbocycles. The van der Waals surface area contributed by atoms with Crippen LogP contribution in [0.25, 0.3) is 5.65 Å². The van der Waals surface area contributed by atoms with Crippen molar-refractivity contribution in [3.05, 3.63) is 30.2 Å². The van der Waals surface area contributed by atoms with E-state index in [2.05, 4.69) is 15.4 Å². The monoisotopic (exact) mass is 290 g/mol. The molecule has 2 aromatic heterocycles. The van der Waals surface area contributed by atoms with E-state index >= 15 is 0 Å². The second kappa shape index (κ2) is 5.51. The molecule has 1 amide bonds. The van der Waals surface area contributed by atoms with Crippen molar-refractivity contribution in [3.63, 3.8) is 0 Å². The van der Waals surface area contributed by atoms with Gasteiger partial charge in [0.1, 0.15) is 5.56 Å². The van der Waals surface area contributed by atoms with Crippen molar-refractivity contribution in [2.45, 2.75) is 32.7 Å². The minimum absolute atomic E-state index is 0.0349. The number of carbonyl (C=O) groups excluding carboxylic acids is 1. The first-order valence-electron chi connectivity index (χ1n) is 6.66. The van der Waals surface area contributed by atoms with Gasteiger partial charge in [0, 0.05) is 12.4 Å². The van der Waals surface area contributed by atoms with Gasteiger partial charge in [0.05, 0.1) is 18.2 Å². The lowest BCUT2D eigenvalue weighted by Crippen LogP contribution is -2.51. The summed E-state index contributed by atoms with van der Waals surface area (Å²) in [5.41, 5.74) is -0.0734. The fraction of sp³-hybridized carbons (Fsp3) is 0.429. The molecule has 2 rings (SSSR count). The fourth-order valence-electron chi connectivity index (χ4n) is 2.02. The van der Waals surface area contributed by atoms with Gasteiger partial charge < -0.3 is 10.4 Å². The molecule has 2 heterocycles. The Labute approximate surface area is 122 Å². The quantitative estimate of drug-likeness (QED) is 0.866. The van der Waals surface area contributed by atoms with Crippen LogP contribution in [0.4, 0.5) is 0 Å². The molecule has 0 saturated carbocycles. The van der Waals surface area contributed by atoms with Gasteiger partial charge in [-0.25, -0.2) is 9.50 Å². The number of aliphatic carboxylic acids is 1. The van der Waals surface area contributed by atoms with Crippen molar-refractivity contribution in [1.82, 2.24) is 19.9 Å². The van der Waals surface area contributed by atoms with E-state index in [9.17, 15) is 9.59 Å². The Hall–Kier alpha value is -2.44. The van der Waals surface area contributed by atoms with Crippen LogP contribution in [0.2, 0.25) is 0 Å². The Morgan fingerprint density at radius 1 is 1.48 bits per heavy atom. The average molecular weight is 290 g/mol. The molecule has 1 atom stereocenters. The van der Waals surface area contributed by atoms with Crippen molar-refractivity contribution >= 4 is 17.5 Å². The summed E-state index contributed by atoms with van der Waals surface area (Å²) in [6.07, 6.45) is 4.55. The summed E-state index contributed by atoms with van der Waals surface area (Å²) in [4.78, 5) is 27.6. The van der Waals surface area contributed by atoms with Crippen molar-refractivity contribution in [3.8, 4) is 0 Å². The number of hydrogen-bond donors (Lipinski definition) is 2. The number of nitrogens with zero attached hydrogens (tertiary/aromatic N) is 3. The zero-order valence-electron chi connectivity index (χ0n) is 12.2. The molecular weight excluding hydrogens is 272 g/mol. The van der Waals surface area contributed by atoms with E-state index in [0.717, 1.165) is 0 Å². The minimum Gasteiger partial charge on any atom is -0.481 e. The van der Waals surface area contributed by atoms with E-state index in [1.165, 1.54) is 10.7 Å². The van der Waals surface area contributed by atoms with Crippen LogP contribution in [-0.2, 0) is 4.79 Å².